The molecule has 0 saturated heterocycles. The van der Waals surface area contributed by atoms with E-state index in [2.05, 4.69) is 0 Å². The van der Waals surface area contributed by atoms with Crippen LogP contribution in [0.1, 0.15) is 26.2 Å². The van der Waals surface area contributed by atoms with E-state index in [9.17, 15) is 16.8 Å². The largest absolute Gasteiger partial charge is 0.286 e. The van der Waals surface area contributed by atoms with E-state index in [4.69, 9.17) is 9.11 Å². The zero-order valence-corrected chi connectivity index (χ0v) is 10.5. The van der Waals surface area contributed by atoms with Crippen molar-refractivity contribution >= 4 is 20.2 Å². The van der Waals surface area contributed by atoms with Crippen molar-refractivity contribution in [2.45, 2.75) is 31.4 Å². The summed E-state index contributed by atoms with van der Waals surface area (Å²) in [5.41, 5.74) is 0. The lowest BCUT2D eigenvalue weighted by atomic mass is 10.2. The molecule has 16 heavy (non-hydrogen) atoms. The smallest absolute Gasteiger partial charge is 0.269 e. The lowest BCUT2D eigenvalue weighted by Crippen LogP contribution is -2.28. The molecule has 0 aromatic rings. The Bertz CT molecular complexity index is 419. The number of allylic oxidation sites excluding steroid dienone is 2. The van der Waals surface area contributed by atoms with E-state index in [-0.39, 0.29) is 6.42 Å². The standard InChI is InChI=1S/C8H16O6S2/c1-2-3-4-5-6-8(16(12,13)14)7-15(9,10)11/h4-5,8H,2-3,6-7H2,1H3,(H,9,10,11)(H,12,13,14)/b5-4+. The van der Waals surface area contributed by atoms with Crippen molar-refractivity contribution in [1.29, 1.82) is 0 Å². The SMILES string of the molecule is CCC/C=C/CC(CS(=O)(=O)O)S(=O)(=O)O. The molecule has 1 unspecified atom stereocenters. The molecular formula is C8H16O6S2. The van der Waals surface area contributed by atoms with Gasteiger partial charge in [-0.3, -0.25) is 9.11 Å². The molecule has 6 nitrogen and oxygen atoms in total. The molecule has 0 aliphatic carbocycles. The Hall–Kier alpha value is -0.440. The number of hydrogen-bond donors (Lipinski definition) is 2. The molecule has 0 heterocycles. The van der Waals surface area contributed by atoms with Crippen LogP contribution in [-0.4, -0.2) is 36.9 Å². The van der Waals surface area contributed by atoms with Gasteiger partial charge in [0.15, 0.2) is 0 Å². The lowest BCUT2D eigenvalue weighted by Gasteiger charge is -2.09. The third kappa shape index (κ3) is 7.80. The number of hydrogen-bond acceptors (Lipinski definition) is 4. The van der Waals surface area contributed by atoms with Crippen molar-refractivity contribution in [2.75, 3.05) is 5.75 Å². The Balaban J connectivity index is 4.60. The van der Waals surface area contributed by atoms with Crippen LogP contribution < -0.4 is 0 Å². The van der Waals surface area contributed by atoms with Crippen LogP contribution in [0.2, 0.25) is 0 Å². The van der Waals surface area contributed by atoms with Crippen molar-refractivity contribution < 1.29 is 25.9 Å². The molecule has 0 radical (unpaired) electrons. The lowest BCUT2D eigenvalue weighted by molar-refractivity contribution is 0.457. The molecule has 0 aromatic heterocycles. The molecule has 0 amide bonds. The summed E-state index contributed by atoms with van der Waals surface area (Å²) in [5.74, 6) is -0.998. The molecule has 0 aromatic carbocycles. The number of rotatable bonds is 7. The average molecular weight is 272 g/mol. The highest BCUT2D eigenvalue weighted by Crippen LogP contribution is 2.08. The van der Waals surface area contributed by atoms with E-state index in [1.54, 1.807) is 6.08 Å². The van der Waals surface area contributed by atoms with E-state index >= 15 is 0 Å². The van der Waals surface area contributed by atoms with E-state index in [1.807, 2.05) is 6.92 Å². The maximum absolute atomic E-state index is 10.8. The first kappa shape index (κ1) is 15.6. The fraction of sp³-hybridized carbons (Fsp3) is 0.750. The molecule has 0 aliphatic heterocycles. The van der Waals surface area contributed by atoms with Crippen molar-refractivity contribution in [1.82, 2.24) is 0 Å². The molecule has 0 rings (SSSR count). The number of unbranched alkanes of at least 4 members (excludes halogenated alkanes) is 1. The Morgan fingerprint density at radius 1 is 1.12 bits per heavy atom. The minimum Gasteiger partial charge on any atom is -0.286 e. The van der Waals surface area contributed by atoms with Gasteiger partial charge >= 0.3 is 0 Å². The van der Waals surface area contributed by atoms with Crippen molar-refractivity contribution in [3.8, 4) is 0 Å². The molecule has 0 aliphatic rings. The quantitative estimate of drug-likeness (QED) is 0.526. The van der Waals surface area contributed by atoms with Crippen LogP contribution in [0.25, 0.3) is 0 Å². The fourth-order valence-electron chi connectivity index (χ4n) is 1.04. The molecule has 96 valence electrons. The van der Waals surface area contributed by atoms with Gasteiger partial charge in [-0.2, -0.15) is 16.8 Å². The second-order valence-corrected chi connectivity index (χ2v) is 6.58. The second kappa shape index (κ2) is 6.33. The van der Waals surface area contributed by atoms with Crippen LogP contribution in [0.15, 0.2) is 12.2 Å². The van der Waals surface area contributed by atoms with Crippen LogP contribution in [0.5, 0.6) is 0 Å². The van der Waals surface area contributed by atoms with Crippen LogP contribution in [0.3, 0.4) is 0 Å². The monoisotopic (exact) mass is 272 g/mol. The first-order valence-electron chi connectivity index (χ1n) is 4.73. The summed E-state index contributed by atoms with van der Waals surface area (Å²) in [6.07, 6.45) is 4.66. The Labute approximate surface area is 95.9 Å². The Morgan fingerprint density at radius 3 is 2.06 bits per heavy atom. The summed E-state index contributed by atoms with van der Waals surface area (Å²) in [6, 6.07) is 0. The maximum Gasteiger partial charge on any atom is 0.269 e. The maximum atomic E-state index is 10.8. The van der Waals surface area contributed by atoms with Crippen LogP contribution in [0.4, 0.5) is 0 Å². The first-order valence-corrected chi connectivity index (χ1v) is 7.84. The summed E-state index contributed by atoms with van der Waals surface area (Å²) >= 11 is 0. The van der Waals surface area contributed by atoms with Crippen molar-refractivity contribution in [2.24, 2.45) is 0 Å². The van der Waals surface area contributed by atoms with Gasteiger partial charge in [0.2, 0.25) is 0 Å². The molecular weight excluding hydrogens is 256 g/mol. The predicted molar refractivity (Wildman–Crippen MR) is 60.4 cm³/mol. The fourth-order valence-corrected chi connectivity index (χ4v) is 3.21. The van der Waals surface area contributed by atoms with Crippen molar-refractivity contribution in [3.63, 3.8) is 0 Å². The predicted octanol–water partition coefficient (Wildman–Crippen LogP) is 0.877. The second-order valence-electron chi connectivity index (χ2n) is 3.38. The highest BCUT2D eigenvalue weighted by molar-refractivity contribution is 7.90. The average Bonchev–Trinajstić information content (AvgIpc) is 2.06. The van der Waals surface area contributed by atoms with Gasteiger partial charge in [0, 0.05) is 0 Å². The van der Waals surface area contributed by atoms with Gasteiger partial charge in [0.05, 0.1) is 5.75 Å². The Kier molecular flexibility index (Phi) is 6.16. The molecule has 8 heteroatoms. The van der Waals surface area contributed by atoms with Crippen molar-refractivity contribution in [3.05, 3.63) is 12.2 Å². The van der Waals surface area contributed by atoms with Crippen LogP contribution >= 0.6 is 0 Å². The zero-order chi connectivity index (χ0) is 12.8. The van der Waals surface area contributed by atoms with Gasteiger partial charge in [0.1, 0.15) is 5.25 Å². The highest BCUT2D eigenvalue weighted by Gasteiger charge is 2.27. The minimum atomic E-state index is -4.48. The van der Waals surface area contributed by atoms with E-state index in [1.165, 1.54) is 6.08 Å². The zero-order valence-electron chi connectivity index (χ0n) is 8.90. The summed E-state index contributed by atoms with van der Waals surface area (Å²) in [5, 5.41) is -1.52. The minimum absolute atomic E-state index is 0.140. The molecule has 0 fully saturated rings. The van der Waals surface area contributed by atoms with Gasteiger partial charge in [-0.25, -0.2) is 0 Å². The van der Waals surface area contributed by atoms with E-state index in [0.717, 1.165) is 12.8 Å². The molecule has 2 N–H and O–H groups in total. The van der Waals surface area contributed by atoms with Gasteiger partial charge in [0.25, 0.3) is 20.2 Å². The molecule has 0 spiro atoms. The summed E-state index contributed by atoms with van der Waals surface area (Å²) in [6.45, 7) is 1.93. The Morgan fingerprint density at radius 2 is 1.69 bits per heavy atom. The topological polar surface area (TPSA) is 109 Å². The first-order chi connectivity index (χ1) is 7.17. The molecule has 0 saturated carbocycles. The van der Waals surface area contributed by atoms with Gasteiger partial charge < -0.3 is 0 Å². The van der Waals surface area contributed by atoms with E-state index in [0.29, 0.717) is 0 Å². The summed E-state index contributed by atoms with van der Waals surface area (Å²) in [4.78, 5) is 0. The molecule has 0 bridgehead atoms. The highest BCUT2D eigenvalue weighted by atomic mass is 32.2. The van der Waals surface area contributed by atoms with Crippen LogP contribution in [-0.2, 0) is 20.2 Å². The summed E-state index contributed by atoms with van der Waals surface area (Å²) < 4.78 is 60.0. The van der Waals surface area contributed by atoms with Crippen LogP contribution in [0, 0.1) is 0 Å². The third-order valence-electron chi connectivity index (χ3n) is 1.84. The third-order valence-corrected chi connectivity index (χ3v) is 4.07. The van der Waals surface area contributed by atoms with E-state index < -0.39 is 31.2 Å². The van der Waals surface area contributed by atoms with Gasteiger partial charge in [-0.05, 0) is 12.8 Å². The molecule has 1 atom stereocenters. The normalized spacial score (nSPS) is 15.4. The van der Waals surface area contributed by atoms with Gasteiger partial charge in [-0.1, -0.05) is 25.5 Å². The summed E-state index contributed by atoms with van der Waals surface area (Å²) in [7, 11) is -8.90. The van der Waals surface area contributed by atoms with Gasteiger partial charge in [-0.15, -0.1) is 0 Å².